The molecule has 0 aliphatic carbocycles. The van der Waals surface area contributed by atoms with Crippen molar-refractivity contribution >= 4 is 39.0 Å². The topological polar surface area (TPSA) is 45.2 Å². The number of anilines is 1. The van der Waals surface area contributed by atoms with Gasteiger partial charge in [0.2, 0.25) is 0 Å². The summed E-state index contributed by atoms with van der Waals surface area (Å²) in [6.07, 6.45) is 5.58. The van der Waals surface area contributed by atoms with E-state index in [1.54, 1.807) is 12.5 Å². The van der Waals surface area contributed by atoms with Crippen LogP contribution in [0.5, 0.6) is 0 Å². The number of halogens is 1. The number of nitrogens with zero attached hydrogens (tertiary/aromatic N) is 2. The van der Waals surface area contributed by atoms with Crippen molar-refractivity contribution in [2.75, 3.05) is 31.2 Å². The minimum Gasteiger partial charge on any atom is -0.381 e. The summed E-state index contributed by atoms with van der Waals surface area (Å²) < 4.78 is 12.1. The number of hydrogen-bond acceptors (Lipinski definition) is 4. The third-order valence-electron chi connectivity index (χ3n) is 4.50. The maximum Gasteiger partial charge on any atom is 0.0806 e. The lowest BCUT2D eigenvalue weighted by Crippen LogP contribution is -2.25. The van der Waals surface area contributed by atoms with Crippen LogP contribution in [0.2, 0.25) is 5.02 Å². The molecule has 2 rings (SSSR count). The summed E-state index contributed by atoms with van der Waals surface area (Å²) in [5.74, 6) is 0. The van der Waals surface area contributed by atoms with E-state index in [0.29, 0.717) is 11.1 Å². The van der Waals surface area contributed by atoms with Crippen LogP contribution >= 0.6 is 11.6 Å². The molecule has 25 heavy (non-hydrogen) atoms. The maximum atomic E-state index is 12.1. The largest absolute Gasteiger partial charge is 0.381 e. The van der Waals surface area contributed by atoms with Gasteiger partial charge in [-0.2, -0.15) is 0 Å². The van der Waals surface area contributed by atoms with Crippen molar-refractivity contribution < 1.29 is 4.21 Å². The molecule has 0 saturated carbocycles. The molecule has 4 nitrogen and oxygen atoms in total. The SMILES string of the molecule is CCN(CC)CCCC(C)Nc1c(S(C)=O)cnc2cc(Cl)ccc12. The molecule has 1 aromatic carbocycles. The fourth-order valence-electron chi connectivity index (χ4n) is 2.99. The summed E-state index contributed by atoms with van der Waals surface area (Å²) in [5.41, 5.74) is 1.73. The van der Waals surface area contributed by atoms with E-state index in [0.717, 1.165) is 54.0 Å². The molecule has 2 aromatic rings. The molecule has 0 aliphatic heterocycles. The van der Waals surface area contributed by atoms with E-state index < -0.39 is 10.8 Å². The highest BCUT2D eigenvalue weighted by Gasteiger charge is 2.14. The van der Waals surface area contributed by atoms with E-state index in [9.17, 15) is 4.21 Å². The van der Waals surface area contributed by atoms with Crippen molar-refractivity contribution in [2.45, 2.75) is 44.6 Å². The molecule has 0 bridgehead atoms. The van der Waals surface area contributed by atoms with Gasteiger partial charge in [0.25, 0.3) is 0 Å². The zero-order valence-corrected chi connectivity index (χ0v) is 17.1. The maximum absolute atomic E-state index is 12.1. The molecular weight excluding hydrogens is 354 g/mol. The van der Waals surface area contributed by atoms with Crippen LogP contribution in [0.1, 0.15) is 33.6 Å². The number of pyridine rings is 1. The van der Waals surface area contributed by atoms with Gasteiger partial charge in [0.15, 0.2) is 0 Å². The Morgan fingerprint density at radius 1 is 1.32 bits per heavy atom. The Bertz CT molecular complexity index is 734. The second-order valence-electron chi connectivity index (χ2n) is 6.33. The molecule has 0 fully saturated rings. The molecular formula is C19H28ClN3OS. The van der Waals surface area contributed by atoms with Crippen LogP contribution in [0.3, 0.4) is 0 Å². The monoisotopic (exact) mass is 381 g/mol. The molecule has 1 heterocycles. The van der Waals surface area contributed by atoms with E-state index >= 15 is 0 Å². The van der Waals surface area contributed by atoms with Crippen molar-refractivity contribution in [3.05, 3.63) is 29.4 Å². The highest BCUT2D eigenvalue weighted by atomic mass is 35.5. The molecule has 1 N–H and O–H groups in total. The molecule has 6 heteroatoms. The van der Waals surface area contributed by atoms with Gasteiger partial charge in [-0.1, -0.05) is 25.4 Å². The molecule has 0 radical (unpaired) electrons. The van der Waals surface area contributed by atoms with E-state index in [2.05, 4.69) is 36.0 Å². The van der Waals surface area contributed by atoms with Crippen LogP contribution < -0.4 is 5.32 Å². The van der Waals surface area contributed by atoms with Crippen LogP contribution in [0.4, 0.5) is 5.69 Å². The van der Waals surface area contributed by atoms with Crippen LogP contribution in [0, 0.1) is 0 Å². The normalized spacial score (nSPS) is 14.0. The number of rotatable bonds is 9. The Hall–Kier alpha value is -1.17. The van der Waals surface area contributed by atoms with Gasteiger partial charge in [-0.05, 0) is 57.6 Å². The van der Waals surface area contributed by atoms with Gasteiger partial charge >= 0.3 is 0 Å². The second-order valence-corrected chi connectivity index (χ2v) is 8.11. The van der Waals surface area contributed by atoms with Gasteiger partial charge in [-0.25, -0.2) is 0 Å². The van der Waals surface area contributed by atoms with Crippen LogP contribution in [0.25, 0.3) is 10.9 Å². The number of benzene rings is 1. The molecule has 0 spiro atoms. The first-order valence-electron chi connectivity index (χ1n) is 8.86. The van der Waals surface area contributed by atoms with E-state index in [4.69, 9.17) is 11.6 Å². The molecule has 138 valence electrons. The third-order valence-corrected chi connectivity index (χ3v) is 5.67. The van der Waals surface area contributed by atoms with Crippen molar-refractivity contribution in [1.82, 2.24) is 9.88 Å². The summed E-state index contributed by atoms with van der Waals surface area (Å²) >= 11 is 6.08. The summed E-state index contributed by atoms with van der Waals surface area (Å²) in [4.78, 5) is 7.59. The minimum absolute atomic E-state index is 0.291. The highest BCUT2D eigenvalue weighted by Crippen LogP contribution is 2.30. The minimum atomic E-state index is -1.10. The van der Waals surface area contributed by atoms with E-state index in [1.807, 2.05) is 18.2 Å². The van der Waals surface area contributed by atoms with E-state index in [-0.39, 0.29) is 0 Å². The van der Waals surface area contributed by atoms with Crippen molar-refractivity contribution in [3.63, 3.8) is 0 Å². The first-order chi connectivity index (χ1) is 12.0. The average molecular weight is 382 g/mol. The summed E-state index contributed by atoms with van der Waals surface area (Å²) in [6.45, 7) is 9.86. The Morgan fingerprint density at radius 3 is 2.68 bits per heavy atom. The molecule has 1 aromatic heterocycles. The number of fused-ring (bicyclic) bond motifs is 1. The van der Waals surface area contributed by atoms with E-state index in [1.165, 1.54) is 0 Å². The lowest BCUT2D eigenvalue weighted by Gasteiger charge is -2.21. The fraction of sp³-hybridized carbons (Fsp3) is 0.526. The van der Waals surface area contributed by atoms with Gasteiger partial charge in [0.1, 0.15) is 0 Å². The summed E-state index contributed by atoms with van der Waals surface area (Å²) in [6, 6.07) is 5.94. The predicted octanol–water partition coefficient (Wildman–Crippen LogP) is 4.55. The zero-order valence-electron chi connectivity index (χ0n) is 15.5. The highest BCUT2D eigenvalue weighted by molar-refractivity contribution is 7.84. The first-order valence-corrected chi connectivity index (χ1v) is 10.8. The third kappa shape index (κ3) is 5.40. The smallest absolute Gasteiger partial charge is 0.0806 e. The molecule has 0 aliphatic rings. The summed E-state index contributed by atoms with van der Waals surface area (Å²) in [7, 11) is -1.10. The van der Waals surface area contributed by atoms with Gasteiger partial charge in [0, 0.05) is 28.9 Å². The van der Waals surface area contributed by atoms with Crippen molar-refractivity contribution in [1.29, 1.82) is 0 Å². The van der Waals surface area contributed by atoms with Gasteiger partial charge < -0.3 is 10.2 Å². The zero-order chi connectivity index (χ0) is 18.4. The Balaban J connectivity index is 2.17. The first kappa shape index (κ1) is 20.1. The van der Waals surface area contributed by atoms with Crippen LogP contribution in [-0.2, 0) is 10.8 Å². The molecule has 0 amide bonds. The Labute approximate surface area is 158 Å². The fourth-order valence-corrected chi connectivity index (χ4v) is 3.82. The average Bonchev–Trinajstić information content (AvgIpc) is 2.58. The van der Waals surface area contributed by atoms with Crippen LogP contribution in [0.15, 0.2) is 29.3 Å². The Kier molecular flexibility index (Phi) is 7.66. The van der Waals surface area contributed by atoms with Gasteiger partial charge in [-0.15, -0.1) is 0 Å². The number of aromatic nitrogens is 1. The lowest BCUT2D eigenvalue weighted by molar-refractivity contribution is 0.295. The molecule has 0 saturated heterocycles. The predicted molar refractivity (Wildman–Crippen MR) is 109 cm³/mol. The second kappa shape index (κ2) is 9.51. The standard InChI is InChI=1S/C19H28ClN3OS/c1-5-23(6-2)11-7-8-14(3)22-19-16-10-9-15(20)12-17(16)21-13-18(19)25(4)24/h9-10,12-14H,5-8,11H2,1-4H3,(H,21,22). The summed E-state index contributed by atoms with van der Waals surface area (Å²) in [5, 5.41) is 5.19. The van der Waals surface area contributed by atoms with Crippen LogP contribution in [-0.4, -0.2) is 46.0 Å². The molecule has 2 unspecified atom stereocenters. The quantitative estimate of drug-likeness (QED) is 0.692. The number of nitrogens with one attached hydrogen (secondary N) is 1. The molecule has 2 atom stereocenters. The van der Waals surface area contributed by atoms with Crippen molar-refractivity contribution in [2.24, 2.45) is 0 Å². The Morgan fingerprint density at radius 2 is 2.04 bits per heavy atom. The number of hydrogen-bond donors (Lipinski definition) is 1. The van der Waals surface area contributed by atoms with Crippen molar-refractivity contribution in [3.8, 4) is 0 Å². The van der Waals surface area contributed by atoms with Gasteiger partial charge in [0.05, 0.1) is 26.9 Å². The van der Waals surface area contributed by atoms with Gasteiger partial charge in [-0.3, -0.25) is 9.19 Å². The lowest BCUT2D eigenvalue weighted by atomic mass is 10.1.